The summed E-state index contributed by atoms with van der Waals surface area (Å²) in [5.41, 5.74) is 0. The number of nitrogens with one attached hydrogen (secondary N) is 1. The number of nitrogens with zero attached hydrogens (tertiary/aromatic N) is 1. The third kappa shape index (κ3) is 3.28. The Morgan fingerprint density at radius 1 is 1.46 bits per heavy atom. The summed E-state index contributed by atoms with van der Waals surface area (Å²) in [7, 11) is 4.31. The molecule has 0 aliphatic heterocycles. The largest absolute Gasteiger partial charge is 0.320 e. The van der Waals surface area contributed by atoms with Gasteiger partial charge < -0.3 is 10.2 Å². The van der Waals surface area contributed by atoms with Crippen LogP contribution in [-0.2, 0) is 0 Å². The Morgan fingerprint density at radius 2 is 2.15 bits per heavy atom. The number of rotatable bonds is 6. The smallest absolute Gasteiger partial charge is 0.00950 e. The summed E-state index contributed by atoms with van der Waals surface area (Å²) in [6.45, 7) is 3.51. The fourth-order valence-corrected chi connectivity index (χ4v) is 1.93. The molecule has 2 nitrogen and oxygen atoms in total. The van der Waals surface area contributed by atoms with Crippen molar-refractivity contribution in [3.63, 3.8) is 0 Å². The minimum atomic E-state index is 0.763. The Bertz CT molecular complexity index is 132. The third-order valence-electron chi connectivity index (χ3n) is 3.39. The molecule has 0 aromatic rings. The highest BCUT2D eigenvalue weighted by Gasteiger charge is 2.24. The van der Waals surface area contributed by atoms with E-state index < -0.39 is 0 Å². The van der Waals surface area contributed by atoms with Crippen molar-refractivity contribution in [3.8, 4) is 0 Å². The molecule has 0 heterocycles. The van der Waals surface area contributed by atoms with Gasteiger partial charge >= 0.3 is 0 Å². The fourth-order valence-electron chi connectivity index (χ4n) is 1.93. The molecule has 78 valence electrons. The first-order chi connectivity index (χ1) is 6.25. The van der Waals surface area contributed by atoms with Crippen molar-refractivity contribution in [2.75, 3.05) is 20.6 Å². The Kier molecular flexibility index (Phi) is 4.74. The lowest BCUT2D eigenvalue weighted by molar-refractivity contribution is 0.112. The van der Waals surface area contributed by atoms with Gasteiger partial charge in [0.05, 0.1) is 0 Å². The van der Waals surface area contributed by atoms with Gasteiger partial charge in [-0.1, -0.05) is 6.42 Å². The molecule has 2 heteroatoms. The molecular weight excluding hydrogens is 160 g/mol. The van der Waals surface area contributed by atoms with E-state index in [1.54, 1.807) is 0 Å². The minimum absolute atomic E-state index is 0.763. The van der Waals surface area contributed by atoms with E-state index in [1.807, 2.05) is 7.05 Å². The lowest BCUT2D eigenvalue weighted by Crippen LogP contribution is -2.42. The van der Waals surface area contributed by atoms with Gasteiger partial charge in [0.25, 0.3) is 0 Å². The van der Waals surface area contributed by atoms with Crippen LogP contribution in [0.25, 0.3) is 0 Å². The summed E-state index contributed by atoms with van der Waals surface area (Å²) in [4.78, 5) is 2.57. The zero-order valence-corrected chi connectivity index (χ0v) is 9.34. The van der Waals surface area contributed by atoms with Gasteiger partial charge in [-0.15, -0.1) is 0 Å². The summed E-state index contributed by atoms with van der Waals surface area (Å²) in [5.74, 6) is 0. The van der Waals surface area contributed by atoms with Crippen LogP contribution < -0.4 is 5.32 Å². The van der Waals surface area contributed by atoms with Crippen LogP contribution in [0.3, 0.4) is 0 Å². The first kappa shape index (κ1) is 11.0. The summed E-state index contributed by atoms with van der Waals surface area (Å²) >= 11 is 0. The lowest BCUT2D eigenvalue weighted by Gasteiger charge is -2.38. The second-order valence-corrected chi connectivity index (χ2v) is 4.34. The molecule has 1 atom stereocenters. The summed E-state index contributed by atoms with van der Waals surface area (Å²) in [6.07, 6.45) is 6.92. The van der Waals surface area contributed by atoms with Gasteiger partial charge in [-0.2, -0.15) is 0 Å². The number of hydrogen-bond donors (Lipinski definition) is 1. The highest BCUT2D eigenvalue weighted by atomic mass is 15.2. The standard InChI is InChI=1S/C11H24N2/c1-10(6-5-9-12-2)13(3)11-7-4-8-11/h10-12H,4-9H2,1-3H3. The molecule has 1 aliphatic rings. The second kappa shape index (κ2) is 5.61. The van der Waals surface area contributed by atoms with E-state index in [0.717, 1.165) is 18.6 Å². The second-order valence-electron chi connectivity index (χ2n) is 4.34. The summed E-state index contributed by atoms with van der Waals surface area (Å²) in [5, 5.41) is 3.20. The van der Waals surface area contributed by atoms with E-state index in [2.05, 4.69) is 24.2 Å². The van der Waals surface area contributed by atoms with Gasteiger partial charge in [-0.25, -0.2) is 0 Å². The highest BCUT2D eigenvalue weighted by Crippen LogP contribution is 2.25. The molecule has 1 unspecified atom stereocenters. The molecule has 0 amide bonds. The van der Waals surface area contributed by atoms with Gasteiger partial charge in [0.15, 0.2) is 0 Å². The van der Waals surface area contributed by atoms with Crippen LogP contribution in [0.2, 0.25) is 0 Å². The van der Waals surface area contributed by atoms with Gasteiger partial charge in [-0.05, 0) is 53.2 Å². The molecule has 0 bridgehead atoms. The first-order valence-corrected chi connectivity index (χ1v) is 5.62. The van der Waals surface area contributed by atoms with Crippen LogP contribution in [0.1, 0.15) is 39.0 Å². The Morgan fingerprint density at radius 3 is 2.62 bits per heavy atom. The minimum Gasteiger partial charge on any atom is -0.320 e. The highest BCUT2D eigenvalue weighted by molar-refractivity contribution is 4.80. The monoisotopic (exact) mass is 184 g/mol. The molecule has 0 aromatic heterocycles. The van der Waals surface area contributed by atoms with Gasteiger partial charge in [0.1, 0.15) is 0 Å². The molecule has 1 aliphatic carbocycles. The van der Waals surface area contributed by atoms with Crippen LogP contribution in [0.4, 0.5) is 0 Å². The topological polar surface area (TPSA) is 15.3 Å². The average molecular weight is 184 g/mol. The third-order valence-corrected chi connectivity index (χ3v) is 3.39. The van der Waals surface area contributed by atoms with Crippen molar-refractivity contribution in [1.82, 2.24) is 10.2 Å². The zero-order valence-electron chi connectivity index (χ0n) is 9.34. The molecule has 1 fully saturated rings. The van der Waals surface area contributed by atoms with Crippen molar-refractivity contribution in [2.24, 2.45) is 0 Å². The van der Waals surface area contributed by atoms with Crippen molar-refractivity contribution in [1.29, 1.82) is 0 Å². The Hall–Kier alpha value is -0.0800. The maximum absolute atomic E-state index is 3.20. The molecule has 0 saturated heterocycles. The predicted molar refractivity (Wildman–Crippen MR) is 58.0 cm³/mol. The quantitative estimate of drug-likeness (QED) is 0.634. The van der Waals surface area contributed by atoms with E-state index in [1.165, 1.54) is 32.1 Å². The van der Waals surface area contributed by atoms with Crippen molar-refractivity contribution >= 4 is 0 Å². The van der Waals surface area contributed by atoms with E-state index in [0.29, 0.717) is 0 Å². The van der Waals surface area contributed by atoms with Gasteiger partial charge in [0.2, 0.25) is 0 Å². The number of hydrogen-bond acceptors (Lipinski definition) is 2. The molecule has 1 rings (SSSR count). The lowest BCUT2D eigenvalue weighted by atomic mass is 9.90. The van der Waals surface area contributed by atoms with Gasteiger partial charge in [-0.3, -0.25) is 0 Å². The zero-order chi connectivity index (χ0) is 9.68. The van der Waals surface area contributed by atoms with E-state index >= 15 is 0 Å². The van der Waals surface area contributed by atoms with Crippen molar-refractivity contribution < 1.29 is 0 Å². The van der Waals surface area contributed by atoms with Crippen LogP contribution in [-0.4, -0.2) is 37.6 Å². The average Bonchev–Trinajstić information content (AvgIpc) is 2.01. The van der Waals surface area contributed by atoms with Crippen LogP contribution in [0.5, 0.6) is 0 Å². The predicted octanol–water partition coefficient (Wildman–Crippen LogP) is 1.86. The molecule has 1 N–H and O–H groups in total. The molecule has 0 aromatic carbocycles. The van der Waals surface area contributed by atoms with Crippen LogP contribution in [0.15, 0.2) is 0 Å². The Balaban J connectivity index is 2.09. The van der Waals surface area contributed by atoms with E-state index in [-0.39, 0.29) is 0 Å². The van der Waals surface area contributed by atoms with Gasteiger partial charge in [0, 0.05) is 12.1 Å². The SMILES string of the molecule is CNCCCC(C)N(C)C1CCC1. The molecule has 0 spiro atoms. The maximum Gasteiger partial charge on any atom is 0.00950 e. The Labute approximate surface area is 82.7 Å². The van der Waals surface area contributed by atoms with Crippen LogP contribution >= 0.6 is 0 Å². The van der Waals surface area contributed by atoms with Crippen molar-refractivity contribution in [2.45, 2.75) is 51.1 Å². The van der Waals surface area contributed by atoms with E-state index in [4.69, 9.17) is 0 Å². The maximum atomic E-state index is 3.20. The van der Waals surface area contributed by atoms with Crippen LogP contribution in [0, 0.1) is 0 Å². The molecule has 13 heavy (non-hydrogen) atoms. The summed E-state index contributed by atoms with van der Waals surface area (Å²) < 4.78 is 0. The molecule has 1 saturated carbocycles. The fraction of sp³-hybridized carbons (Fsp3) is 1.00. The van der Waals surface area contributed by atoms with Crippen molar-refractivity contribution in [3.05, 3.63) is 0 Å². The summed E-state index contributed by atoms with van der Waals surface area (Å²) in [6, 6.07) is 1.66. The first-order valence-electron chi connectivity index (χ1n) is 5.62. The molecule has 0 radical (unpaired) electrons. The normalized spacial score (nSPS) is 20.3. The van der Waals surface area contributed by atoms with E-state index in [9.17, 15) is 0 Å². The molecular formula is C11H24N2.